The molecule has 1 aliphatic rings. The van der Waals surface area contributed by atoms with Crippen LogP contribution in [0.2, 0.25) is 0 Å². The lowest BCUT2D eigenvalue weighted by atomic mass is 10.2. The fraction of sp³-hybridized carbons (Fsp3) is 0.875. The lowest BCUT2D eigenvalue weighted by molar-refractivity contribution is 0.242. The predicted molar refractivity (Wildman–Crippen MR) is 44.4 cm³/mol. The van der Waals surface area contributed by atoms with Gasteiger partial charge in [0.1, 0.15) is 0 Å². The molecule has 3 heteroatoms. The van der Waals surface area contributed by atoms with Crippen molar-refractivity contribution in [2.24, 2.45) is 5.92 Å². The second-order valence-corrected chi connectivity index (χ2v) is 3.11. The standard InChI is InChI=1S/C8H16N2O/c1-3-4-6-5-7(6)10-8(11)9-2/h6-7H,3-5H2,1-2H3,(H2,9,10,11). The first-order valence-electron chi connectivity index (χ1n) is 4.26. The maximum Gasteiger partial charge on any atom is 0.314 e. The molecular weight excluding hydrogens is 140 g/mol. The first-order valence-corrected chi connectivity index (χ1v) is 4.26. The van der Waals surface area contributed by atoms with E-state index in [1.807, 2.05) is 0 Å². The van der Waals surface area contributed by atoms with Crippen molar-refractivity contribution in [1.82, 2.24) is 10.6 Å². The zero-order valence-corrected chi connectivity index (χ0v) is 7.18. The molecule has 3 nitrogen and oxygen atoms in total. The third kappa shape index (κ3) is 2.41. The van der Waals surface area contributed by atoms with Gasteiger partial charge in [-0.3, -0.25) is 0 Å². The zero-order chi connectivity index (χ0) is 8.27. The van der Waals surface area contributed by atoms with Crippen molar-refractivity contribution < 1.29 is 4.79 Å². The highest BCUT2D eigenvalue weighted by Gasteiger charge is 2.36. The monoisotopic (exact) mass is 156 g/mol. The van der Waals surface area contributed by atoms with Crippen LogP contribution in [-0.4, -0.2) is 19.1 Å². The van der Waals surface area contributed by atoms with E-state index in [9.17, 15) is 4.79 Å². The van der Waals surface area contributed by atoms with Crippen molar-refractivity contribution in [1.29, 1.82) is 0 Å². The van der Waals surface area contributed by atoms with Crippen LogP contribution in [0.5, 0.6) is 0 Å². The van der Waals surface area contributed by atoms with E-state index in [4.69, 9.17) is 0 Å². The van der Waals surface area contributed by atoms with Crippen LogP contribution in [0, 0.1) is 5.92 Å². The van der Waals surface area contributed by atoms with E-state index in [-0.39, 0.29) is 6.03 Å². The number of hydrogen-bond acceptors (Lipinski definition) is 1. The third-order valence-corrected chi connectivity index (χ3v) is 2.13. The second kappa shape index (κ2) is 3.60. The van der Waals surface area contributed by atoms with Gasteiger partial charge in [0.15, 0.2) is 0 Å². The average molecular weight is 156 g/mol. The van der Waals surface area contributed by atoms with Gasteiger partial charge in [-0.1, -0.05) is 13.3 Å². The molecule has 64 valence electrons. The number of hydrogen-bond donors (Lipinski definition) is 2. The SMILES string of the molecule is CCCC1CC1NC(=O)NC. The molecule has 1 saturated carbocycles. The zero-order valence-electron chi connectivity index (χ0n) is 7.18. The van der Waals surface area contributed by atoms with Gasteiger partial charge in [-0.2, -0.15) is 0 Å². The van der Waals surface area contributed by atoms with Gasteiger partial charge in [0.25, 0.3) is 0 Å². The highest BCUT2D eigenvalue weighted by atomic mass is 16.2. The molecule has 0 aromatic heterocycles. The summed E-state index contributed by atoms with van der Waals surface area (Å²) >= 11 is 0. The summed E-state index contributed by atoms with van der Waals surface area (Å²) in [4.78, 5) is 10.8. The van der Waals surface area contributed by atoms with Crippen LogP contribution in [0.4, 0.5) is 4.79 Å². The molecule has 11 heavy (non-hydrogen) atoms. The van der Waals surface area contributed by atoms with E-state index >= 15 is 0 Å². The van der Waals surface area contributed by atoms with Gasteiger partial charge in [-0.25, -0.2) is 4.79 Å². The predicted octanol–water partition coefficient (Wildman–Crippen LogP) is 1.10. The van der Waals surface area contributed by atoms with E-state index in [1.165, 1.54) is 19.3 Å². The molecule has 2 unspecified atom stereocenters. The van der Waals surface area contributed by atoms with Crippen molar-refractivity contribution in [3.63, 3.8) is 0 Å². The first-order chi connectivity index (χ1) is 5.27. The maximum atomic E-state index is 10.8. The van der Waals surface area contributed by atoms with E-state index < -0.39 is 0 Å². The number of carbonyl (C=O) groups excluding carboxylic acids is 1. The Kier molecular flexibility index (Phi) is 2.74. The summed E-state index contributed by atoms with van der Waals surface area (Å²) in [5.74, 6) is 0.747. The van der Waals surface area contributed by atoms with E-state index in [0.29, 0.717) is 6.04 Å². The van der Waals surface area contributed by atoms with Gasteiger partial charge in [0, 0.05) is 13.1 Å². The Balaban J connectivity index is 2.08. The van der Waals surface area contributed by atoms with Crippen LogP contribution < -0.4 is 10.6 Å². The summed E-state index contributed by atoms with van der Waals surface area (Å²) < 4.78 is 0. The van der Waals surface area contributed by atoms with Gasteiger partial charge < -0.3 is 10.6 Å². The number of nitrogens with one attached hydrogen (secondary N) is 2. The molecule has 0 aromatic carbocycles. The Bertz CT molecular complexity index is 147. The van der Waals surface area contributed by atoms with Crippen LogP contribution in [0.1, 0.15) is 26.2 Å². The molecule has 1 fully saturated rings. The van der Waals surface area contributed by atoms with Crippen molar-refractivity contribution >= 4 is 6.03 Å². The molecule has 2 N–H and O–H groups in total. The molecule has 0 aromatic rings. The summed E-state index contributed by atoms with van der Waals surface area (Å²) in [6.45, 7) is 2.18. The summed E-state index contributed by atoms with van der Waals surface area (Å²) in [6.07, 6.45) is 3.63. The summed E-state index contributed by atoms with van der Waals surface area (Å²) in [5, 5.41) is 5.44. The van der Waals surface area contributed by atoms with Crippen molar-refractivity contribution in [3.05, 3.63) is 0 Å². The first kappa shape index (κ1) is 8.37. The lowest BCUT2D eigenvalue weighted by Crippen LogP contribution is -2.34. The Morgan fingerprint density at radius 1 is 1.64 bits per heavy atom. The molecule has 2 atom stereocenters. The Hall–Kier alpha value is -0.730. The molecule has 0 heterocycles. The van der Waals surface area contributed by atoms with Crippen LogP contribution in [0.3, 0.4) is 0 Å². The Labute approximate surface area is 67.5 Å². The minimum Gasteiger partial charge on any atom is -0.341 e. The molecule has 2 amide bonds. The summed E-state index contributed by atoms with van der Waals surface area (Å²) in [5.41, 5.74) is 0. The van der Waals surface area contributed by atoms with Gasteiger partial charge >= 0.3 is 6.03 Å². The largest absolute Gasteiger partial charge is 0.341 e. The van der Waals surface area contributed by atoms with E-state index in [1.54, 1.807) is 7.05 Å². The topological polar surface area (TPSA) is 41.1 Å². The van der Waals surface area contributed by atoms with E-state index in [2.05, 4.69) is 17.6 Å². The van der Waals surface area contributed by atoms with Gasteiger partial charge in [-0.05, 0) is 18.8 Å². The summed E-state index contributed by atoms with van der Waals surface area (Å²) in [6, 6.07) is 0.406. The highest BCUT2D eigenvalue weighted by molar-refractivity contribution is 5.74. The fourth-order valence-corrected chi connectivity index (χ4v) is 1.35. The molecule has 0 aliphatic heterocycles. The Morgan fingerprint density at radius 3 is 2.91 bits per heavy atom. The Morgan fingerprint density at radius 2 is 2.36 bits per heavy atom. The van der Waals surface area contributed by atoms with Crippen LogP contribution >= 0.6 is 0 Å². The second-order valence-electron chi connectivity index (χ2n) is 3.11. The molecule has 0 radical (unpaired) electrons. The van der Waals surface area contributed by atoms with Gasteiger partial charge in [-0.15, -0.1) is 0 Å². The van der Waals surface area contributed by atoms with Crippen molar-refractivity contribution in [2.75, 3.05) is 7.05 Å². The smallest absolute Gasteiger partial charge is 0.314 e. The minimum atomic E-state index is -0.0476. The molecule has 0 bridgehead atoms. The molecule has 0 saturated heterocycles. The third-order valence-electron chi connectivity index (χ3n) is 2.13. The normalized spacial score (nSPS) is 27.8. The fourth-order valence-electron chi connectivity index (χ4n) is 1.35. The summed E-state index contributed by atoms with van der Waals surface area (Å²) in [7, 11) is 1.65. The molecular formula is C8H16N2O. The number of urea groups is 1. The molecule has 1 rings (SSSR count). The van der Waals surface area contributed by atoms with Gasteiger partial charge in [0.05, 0.1) is 0 Å². The van der Waals surface area contributed by atoms with Crippen LogP contribution in [0.15, 0.2) is 0 Å². The lowest BCUT2D eigenvalue weighted by Gasteiger charge is -2.01. The van der Waals surface area contributed by atoms with Gasteiger partial charge in [0.2, 0.25) is 0 Å². The molecule has 0 spiro atoms. The van der Waals surface area contributed by atoms with Crippen LogP contribution in [-0.2, 0) is 0 Å². The minimum absolute atomic E-state index is 0.0476. The molecule has 1 aliphatic carbocycles. The van der Waals surface area contributed by atoms with Crippen molar-refractivity contribution in [3.8, 4) is 0 Å². The number of carbonyl (C=O) groups is 1. The van der Waals surface area contributed by atoms with E-state index in [0.717, 1.165) is 5.92 Å². The van der Waals surface area contributed by atoms with Crippen LogP contribution in [0.25, 0.3) is 0 Å². The number of amides is 2. The maximum absolute atomic E-state index is 10.8. The average Bonchev–Trinajstić information content (AvgIpc) is 2.69. The van der Waals surface area contributed by atoms with Crippen molar-refractivity contribution in [2.45, 2.75) is 32.2 Å². The highest BCUT2D eigenvalue weighted by Crippen LogP contribution is 2.34. The number of rotatable bonds is 3. The quantitative estimate of drug-likeness (QED) is 0.631.